The maximum Gasteiger partial charge on any atom is 0.147 e. The Labute approximate surface area is 110 Å². The summed E-state index contributed by atoms with van der Waals surface area (Å²) < 4.78 is 6.24. The molecule has 0 saturated heterocycles. The maximum atomic E-state index is 6.24. The van der Waals surface area contributed by atoms with Gasteiger partial charge in [-0.1, -0.05) is 24.3 Å². The molecule has 0 radical (unpaired) electrons. The zero-order valence-electron chi connectivity index (χ0n) is 11.5. The van der Waals surface area contributed by atoms with Crippen LogP contribution in [-0.2, 0) is 16.9 Å². The monoisotopic (exact) mass is 248 g/mol. The van der Waals surface area contributed by atoms with E-state index in [4.69, 9.17) is 10.5 Å². The van der Waals surface area contributed by atoms with Crippen LogP contribution in [-0.4, -0.2) is 32.1 Å². The summed E-state index contributed by atoms with van der Waals surface area (Å²) in [7, 11) is 4.20. The van der Waals surface area contributed by atoms with Crippen LogP contribution in [0.15, 0.2) is 24.3 Å². The molecular formula is C15H24N2O. The minimum atomic E-state index is -0.260. The summed E-state index contributed by atoms with van der Waals surface area (Å²) in [6, 6.07) is 8.65. The molecule has 100 valence electrons. The Bertz CT molecular complexity index is 392. The number of aryl methyl sites for hydroxylation is 1. The molecular weight excluding hydrogens is 224 g/mol. The molecule has 1 atom stereocenters. The van der Waals surface area contributed by atoms with Crippen molar-refractivity contribution in [2.45, 2.75) is 31.4 Å². The van der Waals surface area contributed by atoms with Crippen molar-refractivity contribution in [3.05, 3.63) is 35.4 Å². The molecule has 2 rings (SSSR count). The molecule has 3 nitrogen and oxygen atoms in total. The van der Waals surface area contributed by atoms with E-state index in [9.17, 15) is 0 Å². The molecule has 1 aliphatic rings. The van der Waals surface area contributed by atoms with E-state index in [0.29, 0.717) is 6.54 Å². The third kappa shape index (κ3) is 2.44. The predicted octanol–water partition coefficient (Wildman–Crippen LogP) is 2.10. The fourth-order valence-electron chi connectivity index (χ4n) is 2.84. The summed E-state index contributed by atoms with van der Waals surface area (Å²) in [5.41, 5.74) is 8.06. The van der Waals surface area contributed by atoms with Gasteiger partial charge in [0.2, 0.25) is 0 Å². The number of hydrogen-bond acceptors (Lipinski definition) is 3. The first-order chi connectivity index (χ1) is 8.70. The van der Waals surface area contributed by atoms with E-state index in [1.165, 1.54) is 17.5 Å². The summed E-state index contributed by atoms with van der Waals surface area (Å²) >= 11 is 0. The normalized spacial score (nSPS) is 23.1. The smallest absolute Gasteiger partial charge is 0.147 e. The highest BCUT2D eigenvalue weighted by molar-refractivity contribution is 5.34. The van der Waals surface area contributed by atoms with Gasteiger partial charge in [0.25, 0.3) is 0 Å². The first-order valence-electron chi connectivity index (χ1n) is 6.80. The number of fused-ring (bicyclic) bond motifs is 1. The largest absolute Gasteiger partial charge is 0.356 e. The van der Waals surface area contributed by atoms with Gasteiger partial charge >= 0.3 is 0 Å². The molecule has 1 aromatic carbocycles. The average Bonchev–Trinajstić information content (AvgIpc) is 2.39. The van der Waals surface area contributed by atoms with Crippen molar-refractivity contribution < 1.29 is 4.74 Å². The first-order valence-corrected chi connectivity index (χ1v) is 6.80. The highest BCUT2D eigenvalue weighted by Gasteiger charge is 2.39. The first kappa shape index (κ1) is 13.5. The number of ether oxygens (including phenoxy) is 1. The zero-order chi connectivity index (χ0) is 13.0. The van der Waals surface area contributed by atoms with Crippen LogP contribution in [0.2, 0.25) is 0 Å². The van der Waals surface area contributed by atoms with Crippen LogP contribution in [0.4, 0.5) is 0 Å². The Balaban J connectivity index is 2.30. The Hall–Kier alpha value is -0.900. The van der Waals surface area contributed by atoms with E-state index < -0.39 is 0 Å². The van der Waals surface area contributed by atoms with Gasteiger partial charge in [0.05, 0.1) is 6.61 Å². The second-order valence-electron chi connectivity index (χ2n) is 5.18. The van der Waals surface area contributed by atoms with Gasteiger partial charge in [-0.3, -0.25) is 4.90 Å². The Morgan fingerprint density at radius 3 is 2.83 bits per heavy atom. The van der Waals surface area contributed by atoms with Crippen molar-refractivity contribution in [2.75, 3.05) is 27.2 Å². The van der Waals surface area contributed by atoms with Crippen LogP contribution >= 0.6 is 0 Å². The predicted molar refractivity (Wildman–Crippen MR) is 74.4 cm³/mol. The number of nitrogens with zero attached hydrogens (tertiary/aromatic N) is 1. The van der Waals surface area contributed by atoms with Gasteiger partial charge in [0.15, 0.2) is 0 Å². The summed E-state index contributed by atoms with van der Waals surface area (Å²) in [6.07, 6.45) is 4.31. The Morgan fingerprint density at radius 2 is 2.11 bits per heavy atom. The Kier molecular flexibility index (Phi) is 4.38. The molecule has 1 aromatic rings. The van der Waals surface area contributed by atoms with Crippen LogP contribution in [0.3, 0.4) is 0 Å². The molecule has 18 heavy (non-hydrogen) atoms. The van der Waals surface area contributed by atoms with Gasteiger partial charge in [-0.15, -0.1) is 0 Å². The topological polar surface area (TPSA) is 38.5 Å². The standard InChI is InChI=1S/C15H24N2O/c1-17(2)15(18-12-6-11-16)10-5-8-13-7-3-4-9-14(13)15/h3-4,7,9H,5-6,8,10-12,16H2,1-2H3. The fraction of sp³-hybridized carbons (Fsp3) is 0.600. The van der Waals surface area contributed by atoms with Crippen LogP contribution in [0.5, 0.6) is 0 Å². The van der Waals surface area contributed by atoms with Crippen LogP contribution in [0.25, 0.3) is 0 Å². The van der Waals surface area contributed by atoms with Crippen LogP contribution in [0, 0.1) is 0 Å². The van der Waals surface area contributed by atoms with Crippen molar-refractivity contribution in [3.63, 3.8) is 0 Å². The van der Waals surface area contributed by atoms with Crippen molar-refractivity contribution in [1.29, 1.82) is 0 Å². The minimum Gasteiger partial charge on any atom is -0.356 e. The molecule has 1 aliphatic carbocycles. The lowest BCUT2D eigenvalue weighted by Crippen LogP contribution is -2.46. The number of benzene rings is 1. The summed E-state index contributed by atoms with van der Waals surface area (Å²) in [5, 5.41) is 0. The van der Waals surface area contributed by atoms with Crippen molar-refractivity contribution in [2.24, 2.45) is 5.73 Å². The van der Waals surface area contributed by atoms with Crippen LogP contribution in [0.1, 0.15) is 30.4 Å². The summed E-state index contributed by atoms with van der Waals surface area (Å²) in [4.78, 5) is 2.21. The van der Waals surface area contributed by atoms with Gasteiger partial charge in [0, 0.05) is 5.56 Å². The third-order valence-electron chi connectivity index (χ3n) is 3.81. The molecule has 0 amide bonds. The van der Waals surface area contributed by atoms with E-state index in [0.717, 1.165) is 25.9 Å². The minimum absolute atomic E-state index is 0.260. The van der Waals surface area contributed by atoms with Crippen molar-refractivity contribution in [3.8, 4) is 0 Å². The lowest BCUT2D eigenvalue weighted by molar-refractivity contribution is -0.156. The molecule has 1 unspecified atom stereocenters. The average molecular weight is 248 g/mol. The maximum absolute atomic E-state index is 6.24. The van der Waals surface area contributed by atoms with Gasteiger partial charge in [-0.25, -0.2) is 0 Å². The zero-order valence-corrected chi connectivity index (χ0v) is 11.5. The molecule has 0 aromatic heterocycles. The molecule has 2 N–H and O–H groups in total. The highest BCUT2D eigenvalue weighted by atomic mass is 16.5. The lowest BCUT2D eigenvalue weighted by atomic mass is 9.84. The van der Waals surface area contributed by atoms with Crippen LogP contribution < -0.4 is 5.73 Å². The van der Waals surface area contributed by atoms with E-state index in [-0.39, 0.29) is 5.72 Å². The van der Waals surface area contributed by atoms with Gasteiger partial charge in [-0.05, 0) is 51.9 Å². The second kappa shape index (κ2) is 5.83. The van der Waals surface area contributed by atoms with Gasteiger partial charge < -0.3 is 10.5 Å². The van der Waals surface area contributed by atoms with Gasteiger partial charge in [0.1, 0.15) is 5.72 Å². The van der Waals surface area contributed by atoms with Crippen molar-refractivity contribution >= 4 is 0 Å². The van der Waals surface area contributed by atoms with E-state index in [1.54, 1.807) is 0 Å². The van der Waals surface area contributed by atoms with E-state index in [1.807, 2.05) is 0 Å². The molecule has 0 fully saturated rings. The van der Waals surface area contributed by atoms with Gasteiger partial charge in [-0.2, -0.15) is 0 Å². The lowest BCUT2D eigenvalue weighted by Gasteiger charge is -2.44. The molecule has 0 heterocycles. The molecule has 0 bridgehead atoms. The molecule has 3 heteroatoms. The van der Waals surface area contributed by atoms with Crippen molar-refractivity contribution in [1.82, 2.24) is 4.90 Å². The SMILES string of the molecule is CN(C)C1(OCCCN)CCCc2ccccc21. The molecule has 0 aliphatic heterocycles. The fourth-order valence-corrected chi connectivity index (χ4v) is 2.84. The second-order valence-corrected chi connectivity index (χ2v) is 5.18. The Morgan fingerprint density at radius 1 is 1.33 bits per heavy atom. The molecule has 0 saturated carbocycles. The molecule has 0 spiro atoms. The summed E-state index contributed by atoms with van der Waals surface area (Å²) in [6.45, 7) is 1.41. The summed E-state index contributed by atoms with van der Waals surface area (Å²) in [5.74, 6) is 0. The quantitative estimate of drug-likeness (QED) is 0.640. The number of rotatable bonds is 5. The van der Waals surface area contributed by atoms with E-state index >= 15 is 0 Å². The number of hydrogen-bond donors (Lipinski definition) is 1. The van der Waals surface area contributed by atoms with E-state index in [2.05, 4.69) is 43.3 Å². The highest BCUT2D eigenvalue weighted by Crippen LogP contribution is 2.39. The third-order valence-corrected chi connectivity index (χ3v) is 3.81. The number of nitrogens with two attached hydrogens (primary N) is 1.